The molecule has 21 heavy (non-hydrogen) atoms. The smallest absolute Gasteiger partial charge is 0.154 e. The molecule has 3 aromatic heterocycles. The van der Waals surface area contributed by atoms with Crippen molar-refractivity contribution in [3.63, 3.8) is 0 Å². The zero-order chi connectivity index (χ0) is 14.2. The monoisotopic (exact) mass is 299 g/mol. The molecule has 0 saturated heterocycles. The molecular formula is C16H17N3OS. The van der Waals surface area contributed by atoms with Crippen LogP contribution in [0.3, 0.4) is 0 Å². The van der Waals surface area contributed by atoms with E-state index in [0.717, 1.165) is 23.7 Å². The summed E-state index contributed by atoms with van der Waals surface area (Å²) in [6.07, 6.45) is 4.39. The largest absolute Gasteiger partial charge is 0.390 e. The third kappa shape index (κ3) is 2.32. The highest BCUT2D eigenvalue weighted by Gasteiger charge is 2.32. The van der Waals surface area contributed by atoms with E-state index < -0.39 is 0 Å². The molecule has 0 amide bonds. The maximum Gasteiger partial charge on any atom is 0.154 e. The first kappa shape index (κ1) is 12.9. The van der Waals surface area contributed by atoms with E-state index in [1.54, 1.807) is 11.3 Å². The summed E-state index contributed by atoms with van der Waals surface area (Å²) in [7, 11) is 0. The number of aromatic nitrogens is 2. The van der Waals surface area contributed by atoms with Crippen LogP contribution in [0.15, 0.2) is 41.2 Å². The Hall–Kier alpha value is -1.85. The lowest BCUT2D eigenvalue weighted by Gasteiger charge is -2.22. The zero-order valence-corrected chi connectivity index (χ0v) is 12.5. The molecule has 4 nitrogen and oxygen atoms in total. The molecule has 5 heteroatoms. The molecule has 0 bridgehead atoms. The molecule has 0 radical (unpaired) electrons. The second-order valence-electron chi connectivity index (χ2n) is 5.46. The van der Waals surface area contributed by atoms with Crippen LogP contribution in [-0.4, -0.2) is 20.5 Å². The zero-order valence-electron chi connectivity index (χ0n) is 11.6. The van der Waals surface area contributed by atoms with Crippen LogP contribution in [0.5, 0.6) is 0 Å². The molecule has 1 aliphatic rings. The quantitative estimate of drug-likeness (QED) is 0.787. The van der Waals surface area contributed by atoms with Crippen LogP contribution in [0, 0.1) is 0 Å². The lowest BCUT2D eigenvalue weighted by molar-refractivity contribution is 0.276. The minimum absolute atomic E-state index is 0.00731. The van der Waals surface area contributed by atoms with Gasteiger partial charge >= 0.3 is 0 Å². The van der Waals surface area contributed by atoms with Crippen LogP contribution in [0.2, 0.25) is 0 Å². The average molecular weight is 299 g/mol. The number of imidazole rings is 1. The van der Waals surface area contributed by atoms with E-state index in [1.165, 1.54) is 18.4 Å². The highest BCUT2D eigenvalue weighted by Crippen LogP contribution is 2.35. The lowest BCUT2D eigenvalue weighted by atomic mass is 10.3. The number of rotatable bonds is 5. The molecule has 1 aliphatic carbocycles. The highest BCUT2D eigenvalue weighted by atomic mass is 32.1. The van der Waals surface area contributed by atoms with Gasteiger partial charge in [0.25, 0.3) is 0 Å². The van der Waals surface area contributed by atoms with Crippen LogP contribution >= 0.6 is 11.3 Å². The summed E-state index contributed by atoms with van der Waals surface area (Å²) < 4.78 is 1.98. The van der Waals surface area contributed by atoms with Gasteiger partial charge in [-0.2, -0.15) is 11.3 Å². The van der Waals surface area contributed by atoms with Gasteiger partial charge in [0.15, 0.2) is 5.82 Å². The van der Waals surface area contributed by atoms with Crippen molar-refractivity contribution >= 4 is 22.8 Å². The van der Waals surface area contributed by atoms with Crippen LogP contribution in [0.25, 0.3) is 5.65 Å². The Kier molecular flexibility index (Phi) is 3.16. The number of aliphatic hydroxyl groups excluding tert-OH is 1. The third-order valence-electron chi connectivity index (χ3n) is 3.95. The Balaban J connectivity index is 1.78. The van der Waals surface area contributed by atoms with Crippen molar-refractivity contribution in [2.45, 2.75) is 32.0 Å². The van der Waals surface area contributed by atoms with Crippen molar-refractivity contribution in [1.82, 2.24) is 9.38 Å². The first-order valence-electron chi connectivity index (χ1n) is 7.21. The summed E-state index contributed by atoms with van der Waals surface area (Å²) in [5, 5.41) is 14.1. The minimum Gasteiger partial charge on any atom is -0.390 e. The van der Waals surface area contributed by atoms with Gasteiger partial charge in [0.2, 0.25) is 0 Å². The number of fused-ring (bicyclic) bond motifs is 1. The number of hydrogen-bond donors (Lipinski definition) is 1. The molecule has 3 heterocycles. The molecule has 108 valence electrons. The van der Waals surface area contributed by atoms with Crippen molar-refractivity contribution in [3.05, 3.63) is 52.5 Å². The van der Waals surface area contributed by atoms with Crippen LogP contribution < -0.4 is 4.90 Å². The van der Waals surface area contributed by atoms with Crippen molar-refractivity contribution < 1.29 is 5.11 Å². The Morgan fingerprint density at radius 2 is 2.24 bits per heavy atom. The second-order valence-corrected chi connectivity index (χ2v) is 6.24. The molecule has 1 saturated carbocycles. The van der Waals surface area contributed by atoms with E-state index in [0.29, 0.717) is 6.04 Å². The molecule has 1 fully saturated rings. The van der Waals surface area contributed by atoms with Crippen LogP contribution in [-0.2, 0) is 13.2 Å². The van der Waals surface area contributed by atoms with Gasteiger partial charge in [0.05, 0.1) is 12.3 Å². The Bertz CT molecular complexity index is 746. The van der Waals surface area contributed by atoms with Crippen molar-refractivity contribution in [2.24, 2.45) is 0 Å². The van der Waals surface area contributed by atoms with Crippen molar-refractivity contribution in [3.8, 4) is 0 Å². The summed E-state index contributed by atoms with van der Waals surface area (Å²) >= 11 is 1.72. The molecule has 0 unspecified atom stereocenters. The topological polar surface area (TPSA) is 40.8 Å². The second kappa shape index (κ2) is 5.16. The van der Waals surface area contributed by atoms with Gasteiger partial charge in [0, 0.05) is 18.8 Å². The Morgan fingerprint density at radius 1 is 1.33 bits per heavy atom. The van der Waals surface area contributed by atoms with Gasteiger partial charge in [-0.1, -0.05) is 6.07 Å². The SMILES string of the molecule is OCc1c(N(Cc2ccsc2)C2CC2)nc2ccccn12. The number of hydrogen-bond acceptors (Lipinski definition) is 4. The van der Waals surface area contributed by atoms with E-state index in [-0.39, 0.29) is 6.61 Å². The number of anilines is 1. The fourth-order valence-corrected chi connectivity index (χ4v) is 3.41. The lowest BCUT2D eigenvalue weighted by Crippen LogP contribution is -2.26. The summed E-state index contributed by atoms with van der Waals surface area (Å²) in [6, 6.07) is 8.65. The maximum absolute atomic E-state index is 9.80. The molecule has 0 atom stereocenters. The van der Waals surface area contributed by atoms with E-state index in [1.807, 2.05) is 28.8 Å². The van der Waals surface area contributed by atoms with E-state index >= 15 is 0 Å². The van der Waals surface area contributed by atoms with Gasteiger partial charge in [-0.25, -0.2) is 4.98 Å². The van der Waals surface area contributed by atoms with Crippen molar-refractivity contribution in [2.75, 3.05) is 4.90 Å². The van der Waals surface area contributed by atoms with E-state index in [9.17, 15) is 5.11 Å². The fraction of sp³-hybridized carbons (Fsp3) is 0.312. The number of aliphatic hydroxyl groups is 1. The predicted molar refractivity (Wildman–Crippen MR) is 84.6 cm³/mol. The molecule has 4 rings (SSSR count). The van der Waals surface area contributed by atoms with Gasteiger partial charge < -0.3 is 10.0 Å². The van der Waals surface area contributed by atoms with E-state index in [4.69, 9.17) is 4.98 Å². The van der Waals surface area contributed by atoms with Gasteiger partial charge in [-0.05, 0) is 47.4 Å². The number of nitrogens with zero attached hydrogens (tertiary/aromatic N) is 3. The Labute approximate surface area is 127 Å². The molecular weight excluding hydrogens is 282 g/mol. The first-order chi connectivity index (χ1) is 10.4. The summed E-state index contributed by atoms with van der Waals surface area (Å²) in [5.74, 6) is 0.928. The number of pyridine rings is 1. The van der Waals surface area contributed by atoms with E-state index in [2.05, 4.69) is 21.7 Å². The summed E-state index contributed by atoms with van der Waals surface area (Å²) in [4.78, 5) is 7.11. The van der Waals surface area contributed by atoms with Crippen molar-refractivity contribution in [1.29, 1.82) is 0 Å². The molecule has 1 N–H and O–H groups in total. The fourth-order valence-electron chi connectivity index (χ4n) is 2.75. The van der Waals surface area contributed by atoms with Gasteiger partial charge in [0.1, 0.15) is 5.65 Å². The van der Waals surface area contributed by atoms with Crippen LogP contribution in [0.4, 0.5) is 5.82 Å². The molecule has 0 aliphatic heterocycles. The summed E-state index contributed by atoms with van der Waals surface area (Å²) in [5.41, 5.74) is 3.09. The normalized spacial score (nSPS) is 14.7. The molecule has 3 aromatic rings. The molecule has 0 spiro atoms. The standard InChI is InChI=1S/C16H17N3OS/c20-10-14-16(17-15-3-1-2-7-18(14)15)19(13-4-5-13)9-12-6-8-21-11-12/h1-3,6-8,11,13,20H,4-5,9-10H2. The minimum atomic E-state index is 0.00731. The molecule has 0 aromatic carbocycles. The predicted octanol–water partition coefficient (Wildman–Crippen LogP) is 3.06. The van der Waals surface area contributed by atoms with Gasteiger partial charge in [-0.15, -0.1) is 0 Å². The third-order valence-corrected chi connectivity index (χ3v) is 4.68. The summed E-state index contributed by atoms with van der Waals surface area (Å²) in [6.45, 7) is 0.873. The van der Waals surface area contributed by atoms with Crippen LogP contribution in [0.1, 0.15) is 24.1 Å². The first-order valence-corrected chi connectivity index (χ1v) is 8.15. The Morgan fingerprint density at radius 3 is 2.95 bits per heavy atom. The maximum atomic E-state index is 9.80. The van der Waals surface area contributed by atoms with Gasteiger partial charge in [-0.3, -0.25) is 4.40 Å². The average Bonchev–Trinajstić information content (AvgIpc) is 3.10. The number of thiophene rings is 1. The highest BCUT2D eigenvalue weighted by molar-refractivity contribution is 7.07.